The van der Waals surface area contributed by atoms with Crippen molar-refractivity contribution in [2.75, 3.05) is 6.54 Å². The topological polar surface area (TPSA) is 121 Å². The van der Waals surface area contributed by atoms with Crippen LogP contribution in [0.4, 0.5) is 4.39 Å². The zero-order valence-electron chi connectivity index (χ0n) is 18.6. The fourth-order valence-corrected chi connectivity index (χ4v) is 2.18. The predicted molar refractivity (Wildman–Crippen MR) is 123 cm³/mol. The van der Waals surface area contributed by atoms with E-state index in [0.29, 0.717) is 18.7 Å². The number of imidazole rings is 1. The molecule has 0 fully saturated rings. The molecular formula is C22H35FN6O2. The van der Waals surface area contributed by atoms with Gasteiger partial charge in [0.1, 0.15) is 12.1 Å². The van der Waals surface area contributed by atoms with Crippen LogP contribution in [0.2, 0.25) is 0 Å². The SMILES string of the molecule is C=C(C)N=C(N)C(=O)NCCCn1ccnc1.CC/C=C\C(F)=C/C(C)C/C=C\ON. The molecule has 1 unspecified atom stereocenters. The number of hydrogen-bond donors (Lipinski definition) is 3. The van der Waals surface area contributed by atoms with E-state index >= 15 is 0 Å². The van der Waals surface area contributed by atoms with Gasteiger partial charge < -0.3 is 20.5 Å². The molecule has 0 aromatic carbocycles. The molecule has 0 aliphatic carbocycles. The van der Waals surface area contributed by atoms with E-state index in [0.717, 1.165) is 19.4 Å². The molecule has 1 atom stereocenters. The number of rotatable bonds is 11. The van der Waals surface area contributed by atoms with E-state index in [1.54, 1.807) is 37.7 Å². The summed E-state index contributed by atoms with van der Waals surface area (Å²) in [5.74, 6) is 4.32. The van der Waals surface area contributed by atoms with Crippen LogP contribution in [0.25, 0.3) is 0 Å². The minimum atomic E-state index is -0.362. The number of amidine groups is 1. The Labute approximate surface area is 184 Å². The molecule has 0 aliphatic heterocycles. The fourth-order valence-electron chi connectivity index (χ4n) is 2.18. The molecule has 1 aromatic rings. The highest BCUT2D eigenvalue weighted by Crippen LogP contribution is 2.10. The summed E-state index contributed by atoms with van der Waals surface area (Å²) in [6, 6.07) is 0. The zero-order chi connectivity index (χ0) is 23.5. The first-order valence-corrected chi connectivity index (χ1v) is 10.1. The van der Waals surface area contributed by atoms with E-state index in [1.165, 1.54) is 12.3 Å². The fraction of sp³-hybridized carbons (Fsp3) is 0.409. The number of carbonyl (C=O) groups is 1. The van der Waals surface area contributed by atoms with Crippen molar-refractivity contribution in [3.05, 3.63) is 67.4 Å². The Bertz CT molecular complexity index is 754. The predicted octanol–water partition coefficient (Wildman–Crippen LogP) is 3.52. The molecule has 0 spiro atoms. The number of nitrogens with one attached hydrogen (secondary N) is 1. The number of amides is 1. The first-order valence-electron chi connectivity index (χ1n) is 10.1. The van der Waals surface area contributed by atoms with E-state index in [2.05, 4.69) is 26.7 Å². The van der Waals surface area contributed by atoms with Crippen LogP contribution >= 0.6 is 0 Å². The lowest BCUT2D eigenvalue weighted by Crippen LogP contribution is -2.37. The van der Waals surface area contributed by atoms with Crippen LogP contribution in [0.15, 0.2) is 72.4 Å². The summed E-state index contributed by atoms with van der Waals surface area (Å²) in [4.78, 5) is 23.4. The van der Waals surface area contributed by atoms with Gasteiger partial charge in [0, 0.05) is 31.2 Å². The lowest BCUT2D eigenvalue weighted by atomic mass is 10.1. The number of halogens is 1. The molecule has 5 N–H and O–H groups in total. The highest BCUT2D eigenvalue weighted by atomic mass is 19.1. The third-order valence-corrected chi connectivity index (χ3v) is 3.62. The number of aryl methyl sites for hydroxylation is 1. The smallest absolute Gasteiger partial charge is 0.286 e. The molecule has 31 heavy (non-hydrogen) atoms. The van der Waals surface area contributed by atoms with Crippen LogP contribution < -0.4 is 16.9 Å². The maximum Gasteiger partial charge on any atom is 0.286 e. The van der Waals surface area contributed by atoms with E-state index in [4.69, 9.17) is 11.6 Å². The number of aromatic nitrogens is 2. The number of nitrogens with zero attached hydrogens (tertiary/aromatic N) is 3. The molecular weight excluding hydrogens is 399 g/mol. The first-order chi connectivity index (χ1) is 14.8. The van der Waals surface area contributed by atoms with Crippen molar-refractivity contribution in [1.82, 2.24) is 14.9 Å². The lowest BCUT2D eigenvalue weighted by Gasteiger charge is -2.05. The van der Waals surface area contributed by atoms with Crippen LogP contribution in [0.5, 0.6) is 0 Å². The molecule has 8 nitrogen and oxygen atoms in total. The first kappa shape index (κ1) is 27.8. The van der Waals surface area contributed by atoms with E-state index in [9.17, 15) is 9.18 Å². The van der Waals surface area contributed by atoms with Gasteiger partial charge in [-0.15, -0.1) is 0 Å². The highest BCUT2D eigenvalue weighted by Gasteiger charge is 2.05. The maximum absolute atomic E-state index is 13.0. The van der Waals surface area contributed by atoms with Crippen LogP contribution in [0.3, 0.4) is 0 Å². The average molecular weight is 435 g/mol. The summed E-state index contributed by atoms with van der Waals surface area (Å²) in [6.07, 6.45) is 15.7. The number of allylic oxidation sites excluding steroid dienone is 6. The summed E-state index contributed by atoms with van der Waals surface area (Å²) in [7, 11) is 0. The molecule has 0 saturated carbocycles. The Morgan fingerprint density at radius 2 is 2.19 bits per heavy atom. The third-order valence-electron chi connectivity index (χ3n) is 3.62. The van der Waals surface area contributed by atoms with Gasteiger partial charge in [0.15, 0.2) is 5.84 Å². The van der Waals surface area contributed by atoms with Gasteiger partial charge in [-0.25, -0.2) is 14.4 Å². The molecule has 0 saturated heterocycles. The second kappa shape index (κ2) is 17.6. The van der Waals surface area contributed by atoms with Crippen LogP contribution in [0, 0.1) is 5.92 Å². The van der Waals surface area contributed by atoms with Gasteiger partial charge in [-0.05, 0) is 50.3 Å². The standard InChI is InChI=1S/C11H18FNO.C11H17N5O/c1-3-4-7-11(12)9-10(2)6-5-8-14-13;1-9(2)15-10(12)11(17)14-4-3-6-16-7-5-13-8-16/h4-5,7-10H,3,6,13H2,1-2H3;5,7-8H,1,3-4,6H2,2H3,(H2,12,15)(H,14,17)/b7-4-,8-5-,11-9+;. The molecule has 1 heterocycles. The van der Waals surface area contributed by atoms with Crippen molar-refractivity contribution in [2.45, 2.75) is 46.6 Å². The number of nitrogens with two attached hydrogens (primary N) is 2. The normalized spacial score (nSPS) is 13.1. The van der Waals surface area contributed by atoms with E-state index in [1.807, 2.05) is 24.6 Å². The monoisotopic (exact) mass is 434 g/mol. The Kier molecular flexibility index (Phi) is 15.8. The molecule has 172 valence electrons. The largest absolute Gasteiger partial charge is 0.420 e. The van der Waals surface area contributed by atoms with Crippen LogP contribution in [-0.2, 0) is 16.2 Å². The van der Waals surface area contributed by atoms with Gasteiger partial charge in [-0.3, -0.25) is 4.79 Å². The van der Waals surface area contributed by atoms with Crippen molar-refractivity contribution >= 4 is 11.7 Å². The Morgan fingerprint density at radius 3 is 2.77 bits per heavy atom. The van der Waals surface area contributed by atoms with Gasteiger partial charge in [0.05, 0.1) is 6.33 Å². The van der Waals surface area contributed by atoms with E-state index < -0.39 is 0 Å². The maximum atomic E-state index is 13.0. The summed E-state index contributed by atoms with van der Waals surface area (Å²) in [6.45, 7) is 10.5. The van der Waals surface area contributed by atoms with Crippen molar-refractivity contribution in [1.29, 1.82) is 0 Å². The van der Waals surface area contributed by atoms with Gasteiger partial charge in [0.2, 0.25) is 0 Å². The molecule has 1 aromatic heterocycles. The number of carbonyl (C=O) groups excluding carboxylic acids is 1. The van der Waals surface area contributed by atoms with Crippen LogP contribution in [-0.4, -0.2) is 27.8 Å². The average Bonchev–Trinajstić information content (AvgIpc) is 3.23. The van der Waals surface area contributed by atoms with Gasteiger partial charge >= 0.3 is 0 Å². The number of hydrogen-bond acceptors (Lipinski definition) is 5. The highest BCUT2D eigenvalue weighted by molar-refractivity contribution is 6.37. The molecule has 0 bridgehead atoms. The second-order valence-electron chi connectivity index (χ2n) is 6.73. The summed E-state index contributed by atoms with van der Waals surface area (Å²) < 4.78 is 15.0. The summed E-state index contributed by atoms with van der Waals surface area (Å²) >= 11 is 0. The van der Waals surface area contributed by atoms with Gasteiger partial charge in [-0.2, -0.15) is 5.90 Å². The molecule has 0 aliphatic rings. The van der Waals surface area contributed by atoms with Crippen molar-refractivity contribution in [3.8, 4) is 0 Å². The summed E-state index contributed by atoms with van der Waals surface area (Å²) in [5, 5.41) is 2.68. The summed E-state index contributed by atoms with van der Waals surface area (Å²) in [5.41, 5.74) is 5.97. The Hall–Kier alpha value is -3.20. The zero-order valence-corrected chi connectivity index (χ0v) is 18.6. The van der Waals surface area contributed by atoms with Gasteiger partial charge in [-0.1, -0.05) is 26.5 Å². The Morgan fingerprint density at radius 1 is 1.45 bits per heavy atom. The molecule has 0 radical (unpaired) electrons. The van der Waals surface area contributed by atoms with Crippen molar-refractivity contribution in [2.24, 2.45) is 22.5 Å². The Balaban J connectivity index is 0.000000594. The lowest BCUT2D eigenvalue weighted by molar-refractivity contribution is -0.114. The number of aliphatic imine (C=N–C) groups is 1. The van der Waals surface area contributed by atoms with Gasteiger partial charge in [0.25, 0.3) is 5.91 Å². The van der Waals surface area contributed by atoms with E-state index in [-0.39, 0.29) is 23.5 Å². The van der Waals surface area contributed by atoms with Crippen molar-refractivity contribution < 1.29 is 14.0 Å². The third kappa shape index (κ3) is 16.3. The van der Waals surface area contributed by atoms with Crippen LogP contribution in [0.1, 0.15) is 40.0 Å². The quantitative estimate of drug-likeness (QED) is 0.123. The molecule has 1 rings (SSSR count). The minimum absolute atomic E-state index is 0.0554. The second-order valence-corrected chi connectivity index (χ2v) is 6.73. The molecule has 9 heteroatoms. The van der Waals surface area contributed by atoms with Crippen molar-refractivity contribution in [3.63, 3.8) is 0 Å². The molecule has 1 amide bonds. The minimum Gasteiger partial charge on any atom is -0.420 e.